The number of carbonyl (C=O) groups is 1. The molecule has 5 nitrogen and oxygen atoms in total. The number of oxime groups is 1. The number of nitrogens with two attached hydrogens (primary N) is 1. The Balaban J connectivity index is 4.16. The monoisotopic (exact) mass is 243 g/mol. The molecule has 0 aromatic rings. The lowest BCUT2D eigenvalue weighted by Gasteiger charge is -2.28. The van der Waals surface area contributed by atoms with Crippen LogP contribution >= 0.6 is 0 Å². The number of hydrogen-bond acceptors (Lipinski definition) is 3. The molecule has 4 N–H and O–H groups in total. The van der Waals surface area contributed by atoms with Crippen LogP contribution < -0.4 is 11.1 Å². The van der Waals surface area contributed by atoms with Gasteiger partial charge in [-0.2, -0.15) is 0 Å². The van der Waals surface area contributed by atoms with Crippen molar-refractivity contribution in [1.82, 2.24) is 5.32 Å². The molecule has 0 aliphatic heterocycles. The zero-order chi connectivity index (χ0) is 13.3. The summed E-state index contributed by atoms with van der Waals surface area (Å²) in [7, 11) is 0. The molecule has 0 aromatic heterocycles. The third-order valence-electron chi connectivity index (χ3n) is 3.05. The molecule has 0 rings (SSSR count). The van der Waals surface area contributed by atoms with Crippen molar-refractivity contribution >= 4 is 11.7 Å². The summed E-state index contributed by atoms with van der Waals surface area (Å²) >= 11 is 0. The van der Waals surface area contributed by atoms with Crippen molar-refractivity contribution in [3.8, 4) is 0 Å². The van der Waals surface area contributed by atoms with Gasteiger partial charge in [-0.25, -0.2) is 0 Å². The van der Waals surface area contributed by atoms with Crippen LogP contribution in [0.3, 0.4) is 0 Å². The van der Waals surface area contributed by atoms with Crippen molar-refractivity contribution in [2.24, 2.45) is 10.9 Å². The first kappa shape index (κ1) is 15.7. The standard InChI is InChI=1S/C12H25N3O2/c1-4-6-7-8-9-10(16)14-12(3,5-2)11(13)15-17/h17H,4-9H2,1-3H3,(H2,13,15)(H,14,16). The number of rotatable bonds is 8. The van der Waals surface area contributed by atoms with E-state index in [1.807, 2.05) is 6.92 Å². The molecule has 1 amide bonds. The molecule has 0 aliphatic rings. The minimum atomic E-state index is -0.753. The second-order valence-corrected chi connectivity index (χ2v) is 4.53. The van der Waals surface area contributed by atoms with Crippen LogP contribution in [-0.4, -0.2) is 22.5 Å². The smallest absolute Gasteiger partial charge is 0.220 e. The summed E-state index contributed by atoms with van der Waals surface area (Å²) in [6.07, 6.45) is 5.33. The average Bonchev–Trinajstić information content (AvgIpc) is 2.33. The molecule has 0 aromatic carbocycles. The largest absolute Gasteiger partial charge is 0.409 e. The third-order valence-corrected chi connectivity index (χ3v) is 3.05. The molecule has 100 valence electrons. The summed E-state index contributed by atoms with van der Waals surface area (Å²) in [6, 6.07) is 0. The summed E-state index contributed by atoms with van der Waals surface area (Å²) in [5.74, 6) is -0.000962. The number of hydrogen-bond donors (Lipinski definition) is 3. The molecule has 0 saturated heterocycles. The highest BCUT2D eigenvalue weighted by Gasteiger charge is 2.29. The van der Waals surface area contributed by atoms with Gasteiger partial charge in [-0.05, 0) is 19.8 Å². The quantitative estimate of drug-likeness (QED) is 0.200. The van der Waals surface area contributed by atoms with Gasteiger partial charge in [-0.15, -0.1) is 0 Å². The SMILES string of the molecule is CCCCCCC(=O)NC(C)(CC)C(N)=NO. The normalized spacial score (nSPS) is 15.4. The van der Waals surface area contributed by atoms with Crippen molar-refractivity contribution < 1.29 is 10.0 Å². The van der Waals surface area contributed by atoms with Gasteiger partial charge in [0.05, 0.1) is 5.54 Å². The highest BCUT2D eigenvalue weighted by Crippen LogP contribution is 2.10. The Bertz CT molecular complexity index is 266. The van der Waals surface area contributed by atoms with Crippen LogP contribution in [0.25, 0.3) is 0 Å². The van der Waals surface area contributed by atoms with Gasteiger partial charge in [0.15, 0.2) is 5.84 Å². The highest BCUT2D eigenvalue weighted by atomic mass is 16.4. The summed E-state index contributed by atoms with van der Waals surface area (Å²) in [5, 5.41) is 14.5. The topological polar surface area (TPSA) is 87.7 Å². The lowest BCUT2D eigenvalue weighted by molar-refractivity contribution is -0.122. The average molecular weight is 243 g/mol. The summed E-state index contributed by atoms with van der Waals surface area (Å²) in [6.45, 7) is 5.77. The van der Waals surface area contributed by atoms with Gasteiger partial charge in [0.25, 0.3) is 0 Å². The first-order chi connectivity index (χ1) is 8.00. The van der Waals surface area contributed by atoms with E-state index in [9.17, 15) is 4.79 Å². The maximum absolute atomic E-state index is 11.7. The zero-order valence-electron chi connectivity index (χ0n) is 11.1. The number of carbonyl (C=O) groups excluding carboxylic acids is 1. The fourth-order valence-electron chi connectivity index (χ4n) is 1.53. The Morgan fingerprint density at radius 3 is 2.47 bits per heavy atom. The zero-order valence-corrected chi connectivity index (χ0v) is 11.1. The molecular formula is C12H25N3O2. The molecule has 0 fully saturated rings. The van der Waals surface area contributed by atoms with E-state index in [4.69, 9.17) is 10.9 Å². The molecule has 1 unspecified atom stereocenters. The van der Waals surface area contributed by atoms with E-state index in [0.717, 1.165) is 25.7 Å². The number of unbranched alkanes of at least 4 members (excludes halogenated alkanes) is 3. The molecular weight excluding hydrogens is 218 g/mol. The van der Waals surface area contributed by atoms with Gasteiger partial charge >= 0.3 is 0 Å². The highest BCUT2D eigenvalue weighted by molar-refractivity contribution is 5.93. The first-order valence-electron chi connectivity index (χ1n) is 6.29. The van der Waals surface area contributed by atoms with Crippen LogP contribution in [0.1, 0.15) is 59.3 Å². The van der Waals surface area contributed by atoms with Crippen molar-refractivity contribution in [3.63, 3.8) is 0 Å². The minimum Gasteiger partial charge on any atom is -0.409 e. The van der Waals surface area contributed by atoms with E-state index >= 15 is 0 Å². The second kappa shape index (κ2) is 7.92. The second-order valence-electron chi connectivity index (χ2n) is 4.53. The summed E-state index contributed by atoms with van der Waals surface area (Å²) < 4.78 is 0. The van der Waals surface area contributed by atoms with Crippen LogP contribution in [0, 0.1) is 0 Å². The Labute approximate surface area is 103 Å². The van der Waals surface area contributed by atoms with Gasteiger partial charge in [0.1, 0.15) is 0 Å². The van der Waals surface area contributed by atoms with Crippen LogP contribution in [0.15, 0.2) is 5.16 Å². The number of amidine groups is 1. The lowest BCUT2D eigenvalue weighted by atomic mass is 9.97. The summed E-state index contributed by atoms with van der Waals surface area (Å²) in [4.78, 5) is 11.7. The van der Waals surface area contributed by atoms with E-state index < -0.39 is 5.54 Å². The first-order valence-corrected chi connectivity index (χ1v) is 6.29. The van der Waals surface area contributed by atoms with Crippen molar-refractivity contribution in [3.05, 3.63) is 0 Å². The molecule has 5 heteroatoms. The van der Waals surface area contributed by atoms with Gasteiger partial charge < -0.3 is 16.3 Å². The van der Waals surface area contributed by atoms with Crippen molar-refractivity contribution in [2.75, 3.05) is 0 Å². The molecule has 17 heavy (non-hydrogen) atoms. The minimum absolute atomic E-state index is 0.0434. The maximum atomic E-state index is 11.7. The number of nitrogens with one attached hydrogen (secondary N) is 1. The fourth-order valence-corrected chi connectivity index (χ4v) is 1.53. The molecule has 0 aliphatic carbocycles. The molecule has 0 saturated carbocycles. The van der Waals surface area contributed by atoms with E-state index in [-0.39, 0.29) is 11.7 Å². The molecule has 0 heterocycles. The number of nitrogens with zero attached hydrogens (tertiary/aromatic N) is 1. The maximum Gasteiger partial charge on any atom is 0.220 e. The Morgan fingerprint density at radius 1 is 1.35 bits per heavy atom. The van der Waals surface area contributed by atoms with Gasteiger partial charge in [0, 0.05) is 6.42 Å². The predicted molar refractivity (Wildman–Crippen MR) is 69.0 cm³/mol. The van der Waals surface area contributed by atoms with Crippen LogP contribution in [0.4, 0.5) is 0 Å². The Hall–Kier alpha value is -1.26. The van der Waals surface area contributed by atoms with E-state index in [1.165, 1.54) is 0 Å². The van der Waals surface area contributed by atoms with E-state index in [2.05, 4.69) is 17.4 Å². The van der Waals surface area contributed by atoms with Crippen LogP contribution in [-0.2, 0) is 4.79 Å². The fraction of sp³-hybridized carbons (Fsp3) is 0.833. The van der Waals surface area contributed by atoms with Gasteiger partial charge in [0.2, 0.25) is 5.91 Å². The third kappa shape index (κ3) is 5.56. The predicted octanol–water partition coefficient (Wildman–Crippen LogP) is 1.99. The van der Waals surface area contributed by atoms with Crippen molar-refractivity contribution in [2.45, 2.75) is 64.8 Å². The van der Waals surface area contributed by atoms with Crippen molar-refractivity contribution in [1.29, 1.82) is 0 Å². The summed E-state index contributed by atoms with van der Waals surface area (Å²) in [5.41, 5.74) is 4.82. The Kier molecular flexibility index (Phi) is 7.34. The molecule has 0 spiro atoms. The number of amides is 1. The van der Waals surface area contributed by atoms with E-state index in [1.54, 1.807) is 6.92 Å². The van der Waals surface area contributed by atoms with Gasteiger partial charge in [-0.1, -0.05) is 38.3 Å². The molecule has 1 atom stereocenters. The molecule has 0 radical (unpaired) electrons. The van der Waals surface area contributed by atoms with Crippen LogP contribution in [0.5, 0.6) is 0 Å². The lowest BCUT2D eigenvalue weighted by Crippen LogP contribution is -2.55. The van der Waals surface area contributed by atoms with E-state index in [0.29, 0.717) is 12.8 Å². The Morgan fingerprint density at radius 2 is 2.00 bits per heavy atom. The van der Waals surface area contributed by atoms with Gasteiger partial charge in [-0.3, -0.25) is 4.79 Å². The van der Waals surface area contributed by atoms with Crippen LogP contribution in [0.2, 0.25) is 0 Å². The molecule has 0 bridgehead atoms.